The Morgan fingerprint density at radius 2 is 1.47 bits per heavy atom. The lowest BCUT2D eigenvalue weighted by Crippen LogP contribution is -2.55. The van der Waals surface area contributed by atoms with Crippen molar-refractivity contribution in [2.24, 2.45) is 0 Å². The molecule has 0 saturated carbocycles. The molecule has 34 heavy (non-hydrogen) atoms. The Kier molecular flexibility index (Phi) is 7.51. The van der Waals surface area contributed by atoms with Crippen LogP contribution in [0.1, 0.15) is 22.8 Å². The van der Waals surface area contributed by atoms with Crippen LogP contribution in [0.5, 0.6) is 5.75 Å². The van der Waals surface area contributed by atoms with E-state index >= 15 is 0 Å². The van der Waals surface area contributed by atoms with E-state index in [1.165, 1.54) is 48.1 Å². The summed E-state index contributed by atoms with van der Waals surface area (Å²) in [5, 5.41) is 0. The quantitative estimate of drug-likeness (QED) is 0.659. The number of amides is 2. The molecule has 0 radical (unpaired) electrons. The number of carbonyl (C=O) groups excluding carboxylic acids is 2. The number of hydrogen-bond donors (Lipinski definition) is 1. The molecule has 0 unspecified atom stereocenters. The SMILES string of the molecule is COc1ccc(S(=O)(=O)N[C@@H](C)C(=O)N2CCN(C(=O)c3ccc(C(F)(F)F)cc3)CC2)cc1. The number of rotatable bonds is 6. The fraction of sp³-hybridized carbons (Fsp3) is 0.364. The molecule has 184 valence electrons. The zero-order valence-corrected chi connectivity index (χ0v) is 19.3. The number of hydrogen-bond acceptors (Lipinski definition) is 5. The van der Waals surface area contributed by atoms with Gasteiger partial charge in [-0.1, -0.05) is 0 Å². The number of sulfonamides is 1. The van der Waals surface area contributed by atoms with Gasteiger partial charge in [0.25, 0.3) is 5.91 Å². The first-order valence-corrected chi connectivity index (χ1v) is 11.8. The Hall–Kier alpha value is -3.12. The molecule has 3 rings (SSSR count). The molecule has 0 spiro atoms. The maximum atomic E-state index is 12.8. The van der Waals surface area contributed by atoms with Crippen LogP contribution in [0.2, 0.25) is 0 Å². The van der Waals surface area contributed by atoms with Gasteiger partial charge >= 0.3 is 6.18 Å². The van der Waals surface area contributed by atoms with Crippen LogP contribution in [0, 0.1) is 0 Å². The van der Waals surface area contributed by atoms with Crippen LogP contribution in [0.4, 0.5) is 13.2 Å². The minimum absolute atomic E-state index is 0.0140. The Bertz CT molecular complexity index is 1130. The van der Waals surface area contributed by atoms with Crippen LogP contribution in [-0.2, 0) is 21.0 Å². The molecule has 1 heterocycles. The van der Waals surface area contributed by atoms with E-state index in [0.717, 1.165) is 24.3 Å². The van der Waals surface area contributed by atoms with Gasteiger partial charge in [0.1, 0.15) is 5.75 Å². The molecule has 2 amide bonds. The number of benzene rings is 2. The number of carbonyl (C=O) groups is 2. The van der Waals surface area contributed by atoms with Crippen molar-refractivity contribution in [2.45, 2.75) is 24.0 Å². The minimum atomic E-state index is -4.49. The van der Waals surface area contributed by atoms with Crippen LogP contribution in [0.15, 0.2) is 53.4 Å². The fourth-order valence-corrected chi connectivity index (χ4v) is 4.69. The topological polar surface area (TPSA) is 96.0 Å². The van der Waals surface area contributed by atoms with Gasteiger partial charge in [-0.3, -0.25) is 9.59 Å². The summed E-state index contributed by atoms with van der Waals surface area (Å²) < 4.78 is 70.6. The van der Waals surface area contributed by atoms with E-state index in [0.29, 0.717) is 5.75 Å². The normalized spacial score (nSPS) is 15.7. The molecule has 1 aliphatic heterocycles. The summed E-state index contributed by atoms with van der Waals surface area (Å²) in [7, 11) is -2.48. The zero-order chi connectivity index (χ0) is 25.1. The second kappa shape index (κ2) is 10.0. The van der Waals surface area contributed by atoms with Crippen LogP contribution in [0.25, 0.3) is 0 Å². The summed E-state index contributed by atoms with van der Waals surface area (Å²) in [6.45, 7) is 2.11. The maximum absolute atomic E-state index is 12.8. The van der Waals surface area contributed by atoms with E-state index in [1.54, 1.807) is 0 Å². The molecule has 1 N–H and O–H groups in total. The Morgan fingerprint density at radius 1 is 0.941 bits per heavy atom. The molecular weight excluding hydrogens is 475 g/mol. The van der Waals surface area contributed by atoms with E-state index in [9.17, 15) is 31.2 Å². The van der Waals surface area contributed by atoms with Crippen molar-refractivity contribution < 1.29 is 35.9 Å². The van der Waals surface area contributed by atoms with Crippen molar-refractivity contribution in [1.82, 2.24) is 14.5 Å². The van der Waals surface area contributed by atoms with Gasteiger partial charge in [-0.05, 0) is 55.5 Å². The van der Waals surface area contributed by atoms with E-state index in [2.05, 4.69) is 4.72 Å². The van der Waals surface area contributed by atoms with E-state index < -0.39 is 39.6 Å². The first-order valence-electron chi connectivity index (χ1n) is 10.3. The second-order valence-electron chi connectivity index (χ2n) is 7.71. The van der Waals surface area contributed by atoms with Gasteiger partial charge in [0, 0.05) is 31.7 Å². The lowest BCUT2D eigenvalue weighted by molar-refractivity contribution is -0.137. The maximum Gasteiger partial charge on any atom is 0.416 e. The lowest BCUT2D eigenvalue weighted by Gasteiger charge is -2.36. The molecule has 1 saturated heterocycles. The van der Waals surface area contributed by atoms with Gasteiger partial charge in [-0.2, -0.15) is 17.9 Å². The van der Waals surface area contributed by atoms with Crippen molar-refractivity contribution >= 4 is 21.8 Å². The Balaban J connectivity index is 1.56. The van der Waals surface area contributed by atoms with Crippen molar-refractivity contribution in [2.75, 3.05) is 33.3 Å². The van der Waals surface area contributed by atoms with Crippen LogP contribution >= 0.6 is 0 Å². The average Bonchev–Trinajstić information content (AvgIpc) is 2.82. The largest absolute Gasteiger partial charge is 0.497 e. The predicted molar refractivity (Wildman–Crippen MR) is 117 cm³/mol. The predicted octanol–water partition coefficient (Wildman–Crippen LogP) is 2.37. The molecular formula is C22H24F3N3O5S. The highest BCUT2D eigenvalue weighted by Gasteiger charge is 2.32. The smallest absolute Gasteiger partial charge is 0.416 e. The van der Waals surface area contributed by atoms with Gasteiger partial charge in [0.05, 0.1) is 23.6 Å². The summed E-state index contributed by atoms with van der Waals surface area (Å²) in [5.41, 5.74) is -0.723. The van der Waals surface area contributed by atoms with Gasteiger partial charge < -0.3 is 14.5 Å². The molecule has 1 atom stereocenters. The number of halogens is 3. The molecule has 0 aliphatic carbocycles. The van der Waals surface area contributed by atoms with E-state index in [-0.39, 0.29) is 36.6 Å². The van der Waals surface area contributed by atoms with Gasteiger partial charge in [0.15, 0.2) is 0 Å². The monoisotopic (exact) mass is 499 g/mol. The molecule has 1 fully saturated rings. The van der Waals surface area contributed by atoms with Crippen molar-refractivity contribution in [1.29, 1.82) is 0 Å². The number of methoxy groups -OCH3 is 1. The Labute approximate surface area is 195 Å². The van der Waals surface area contributed by atoms with Gasteiger partial charge in [0.2, 0.25) is 15.9 Å². The Morgan fingerprint density at radius 3 is 1.97 bits per heavy atom. The highest BCUT2D eigenvalue weighted by Crippen LogP contribution is 2.29. The van der Waals surface area contributed by atoms with Crippen LogP contribution < -0.4 is 9.46 Å². The van der Waals surface area contributed by atoms with Crippen LogP contribution in [-0.4, -0.2) is 69.4 Å². The first kappa shape index (κ1) is 25.5. The number of piperazine rings is 1. The number of nitrogens with one attached hydrogen (secondary N) is 1. The molecule has 12 heteroatoms. The highest BCUT2D eigenvalue weighted by atomic mass is 32.2. The van der Waals surface area contributed by atoms with Crippen molar-refractivity contribution in [3.63, 3.8) is 0 Å². The summed E-state index contributed by atoms with van der Waals surface area (Å²) in [5.74, 6) is -0.389. The zero-order valence-electron chi connectivity index (χ0n) is 18.5. The molecule has 0 aromatic heterocycles. The lowest BCUT2D eigenvalue weighted by atomic mass is 10.1. The van der Waals surface area contributed by atoms with Gasteiger partial charge in [-0.25, -0.2) is 8.42 Å². The number of nitrogens with zero attached hydrogens (tertiary/aromatic N) is 2. The van der Waals surface area contributed by atoms with E-state index in [1.807, 2.05) is 0 Å². The molecule has 2 aromatic rings. The third kappa shape index (κ3) is 5.86. The van der Waals surface area contributed by atoms with Crippen LogP contribution in [0.3, 0.4) is 0 Å². The molecule has 8 nitrogen and oxygen atoms in total. The molecule has 2 aromatic carbocycles. The highest BCUT2D eigenvalue weighted by molar-refractivity contribution is 7.89. The molecule has 0 bridgehead atoms. The minimum Gasteiger partial charge on any atom is -0.497 e. The summed E-state index contributed by atoms with van der Waals surface area (Å²) >= 11 is 0. The second-order valence-corrected chi connectivity index (χ2v) is 9.43. The van der Waals surface area contributed by atoms with E-state index in [4.69, 9.17) is 4.74 Å². The molecule has 1 aliphatic rings. The third-order valence-electron chi connectivity index (χ3n) is 5.41. The number of ether oxygens (including phenoxy) is 1. The third-order valence-corrected chi connectivity index (χ3v) is 6.97. The first-order chi connectivity index (χ1) is 15.9. The summed E-state index contributed by atoms with van der Waals surface area (Å²) in [6.07, 6.45) is -4.49. The van der Waals surface area contributed by atoms with Crippen molar-refractivity contribution in [3.05, 3.63) is 59.7 Å². The van der Waals surface area contributed by atoms with Gasteiger partial charge in [-0.15, -0.1) is 0 Å². The van der Waals surface area contributed by atoms with Crippen molar-refractivity contribution in [3.8, 4) is 5.75 Å². The summed E-state index contributed by atoms with van der Waals surface area (Å²) in [4.78, 5) is 28.2. The average molecular weight is 500 g/mol. The fourth-order valence-electron chi connectivity index (χ4n) is 3.49. The summed E-state index contributed by atoms with van der Waals surface area (Å²) in [6, 6.07) is 8.63. The standard InChI is InChI=1S/C22H24F3N3O5S/c1-15(26-34(31,32)19-9-7-18(33-2)8-10-19)20(29)27-11-13-28(14-12-27)21(30)16-3-5-17(6-4-16)22(23,24)25/h3-10,15,26H,11-14H2,1-2H3/t15-/m0/s1. The number of alkyl halides is 3.